The molecule has 0 amide bonds. The third-order valence-corrected chi connectivity index (χ3v) is 5.12. The van der Waals surface area contributed by atoms with Crippen LogP contribution in [-0.2, 0) is 11.2 Å². The van der Waals surface area contributed by atoms with E-state index in [0.717, 1.165) is 25.1 Å². The van der Waals surface area contributed by atoms with Crippen molar-refractivity contribution in [2.75, 3.05) is 13.2 Å². The van der Waals surface area contributed by atoms with E-state index in [0.29, 0.717) is 12.1 Å². The van der Waals surface area contributed by atoms with Gasteiger partial charge in [0.1, 0.15) is 0 Å². The summed E-state index contributed by atoms with van der Waals surface area (Å²) in [5.74, 6) is 0. The summed E-state index contributed by atoms with van der Waals surface area (Å²) in [7, 11) is 0. The van der Waals surface area contributed by atoms with Crippen molar-refractivity contribution in [3.8, 4) is 0 Å². The van der Waals surface area contributed by atoms with Crippen LogP contribution in [0.3, 0.4) is 0 Å². The third-order valence-electron chi connectivity index (χ3n) is 5.12. The minimum absolute atomic E-state index is 0.256. The second-order valence-corrected chi connectivity index (χ2v) is 6.06. The normalized spacial score (nSPS) is 38.2. The lowest BCUT2D eigenvalue weighted by Crippen LogP contribution is -2.54. The molecular weight excluding hydrogens is 238 g/mol. The van der Waals surface area contributed by atoms with Crippen LogP contribution in [0.15, 0.2) is 24.3 Å². The molecule has 0 aromatic heterocycles. The molecule has 2 aliphatic carbocycles. The Bertz CT molecular complexity index is 476. The van der Waals surface area contributed by atoms with Gasteiger partial charge in [-0.15, -0.1) is 0 Å². The van der Waals surface area contributed by atoms with Gasteiger partial charge in [-0.05, 0) is 36.8 Å². The lowest BCUT2D eigenvalue weighted by atomic mass is 10.0. The van der Waals surface area contributed by atoms with Crippen molar-refractivity contribution in [1.29, 1.82) is 0 Å². The van der Waals surface area contributed by atoms with E-state index in [1.807, 2.05) is 6.07 Å². The van der Waals surface area contributed by atoms with Crippen LogP contribution in [0.2, 0.25) is 0 Å². The molecule has 1 aromatic rings. The summed E-state index contributed by atoms with van der Waals surface area (Å²) in [6, 6.07) is 9.13. The molecule has 3 aliphatic rings. The SMILES string of the molecule is OC1c2ccccc2CC1N1CCOC2CCCC21. The fourth-order valence-electron chi connectivity index (χ4n) is 4.22. The molecule has 1 saturated carbocycles. The molecule has 19 heavy (non-hydrogen) atoms. The fraction of sp³-hybridized carbons (Fsp3) is 0.625. The van der Waals surface area contributed by atoms with Gasteiger partial charge >= 0.3 is 0 Å². The lowest BCUT2D eigenvalue weighted by molar-refractivity contribution is -0.0888. The van der Waals surface area contributed by atoms with Gasteiger partial charge in [0.25, 0.3) is 0 Å². The Labute approximate surface area is 114 Å². The van der Waals surface area contributed by atoms with Crippen molar-refractivity contribution >= 4 is 0 Å². The van der Waals surface area contributed by atoms with Gasteiger partial charge in [0.15, 0.2) is 0 Å². The average molecular weight is 259 g/mol. The molecule has 0 spiro atoms. The second-order valence-electron chi connectivity index (χ2n) is 6.06. The summed E-state index contributed by atoms with van der Waals surface area (Å²) in [6.45, 7) is 1.79. The summed E-state index contributed by atoms with van der Waals surface area (Å²) >= 11 is 0. The molecule has 0 bridgehead atoms. The Hall–Kier alpha value is -0.900. The van der Waals surface area contributed by atoms with Crippen LogP contribution in [0.1, 0.15) is 36.5 Å². The number of nitrogens with zero attached hydrogens (tertiary/aromatic N) is 1. The number of fused-ring (bicyclic) bond motifs is 2. The largest absolute Gasteiger partial charge is 0.387 e. The molecule has 0 radical (unpaired) electrons. The van der Waals surface area contributed by atoms with E-state index in [1.165, 1.54) is 24.8 Å². The molecule has 4 rings (SSSR count). The predicted molar refractivity (Wildman–Crippen MR) is 73.0 cm³/mol. The summed E-state index contributed by atoms with van der Waals surface area (Å²) in [5.41, 5.74) is 2.45. The number of aliphatic hydroxyl groups is 1. The minimum Gasteiger partial charge on any atom is -0.387 e. The summed E-state index contributed by atoms with van der Waals surface area (Å²) in [6.07, 6.45) is 4.75. The minimum atomic E-state index is -0.324. The Balaban J connectivity index is 1.60. The molecule has 102 valence electrons. The van der Waals surface area contributed by atoms with Crippen LogP contribution in [0.4, 0.5) is 0 Å². The van der Waals surface area contributed by atoms with Gasteiger partial charge in [-0.2, -0.15) is 0 Å². The first-order valence-electron chi connectivity index (χ1n) is 7.48. The van der Waals surface area contributed by atoms with E-state index in [-0.39, 0.29) is 12.1 Å². The van der Waals surface area contributed by atoms with Crippen LogP contribution in [0.5, 0.6) is 0 Å². The third kappa shape index (κ3) is 1.83. The Morgan fingerprint density at radius 1 is 1.16 bits per heavy atom. The van der Waals surface area contributed by atoms with Crippen LogP contribution in [-0.4, -0.2) is 41.3 Å². The number of benzene rings is 1. The zero-order valence-corrected chi connectivity index (χ0v) is 11.2. The highest BCUT2D eigenvalue weighted by Gasteiger charge is 2.43. The smallest absolute Gasteiger partial charge is 0.0951 e. The van der Waals surface area contributed by atoms with Crippen molar-refractivity contribution in [2.24, 2.45) is 0 Å². The molecule has 3 nitrogen and oxygen atoms in total. The molecule has 2 fully saturated rings. The van der Waals surface area contributed by atoms with Crippen molar-refractivity contribution in [3.05, 3.63) is 35.4 Å². The summed E-state index contributed by atoms with van der Waals surface area (Å²) in [4.78, 5) is 2.53. The van der Waals surface area contributed by atoms with E-state index >= 15 is 0 Å². The number of rotatable bonds is 1. The van der Waals surface area contributed by atoms with Gasteiger partial charge in [0.2, 0.25) is 0 Å². The van der Waals surface area contributed by atoms with Crippen LogP contribution < -0.4 is 0 Å². The first-order chi connectivity index (χ1) is 9.34. The lowest BCUT2D eigenvalue weighted by Gasteiger charge is -2.42. The van der Waals surface area contributed by atoms with Crippen LogP contribution in [0.25, 0.3) is 0 Å². The van der Waals surface area contributed by atoms with E-state index in [4.69, 9.17) is 4.74 Å². The van der Waals surface area contributed by atoms with Gasteiger partial charge in [0.05, 0.1) is 18.8 Å². The monoisotopic (exact) mass is 259 g/mol. The van der Waals surface area contributed by atoms with Crippen LogP contribution in [0, 0.1) is 0 Å². The van der Waals surface area contributed by atoms with Gasteiger partial charge in [0, 0.05) is 18.6 Å². The molecule has 1 aliphatic heterocycles. The van der Waals surface area contributed by atoms with E-state index < -0.39 is 0 Å². The zero-order chi connectivity index (χ0) is 12.8. The highest BCUT2D eigenvalue weighted by Crippen LogP contribution is 2.39. The highest BCUT2D eigenvalue weighted by molar-refractivity contribution is 5.36. The van der Waals surface area contributed by atoms with Crippen molar-refractivity contribution < 1.29 is 9.84 Å². The van der Waals surface area contributed by atoms with Gasteiger partial charge in [-0.3, -0.25) is 4.90 Å². The number of hydrogen-bond acceptors (Lipinski definition) is 3. The number of hydrogen-bond donors (Lipinski definition) is 1. The molecule has 1 heterocycles. The zero-order valence-electron chi connectivity index (χ0n) is 11.2. The van der Waals surface area contributed by atoms with Crippen molar-refractivity contribution in [2.45, 2.75) is 50.0 Å². The Morgan fingerprint density at radius 3 is 2.95 bits per heavy atom. The van der Waals surface area contributed by atoms with Gasteiger partial charge in [-0.25, -0.2) is 0 Å². The first kappa shape index (κ1) is 11.9. The van der Waals surface area contributed by atoms with E-state index in [1.54, 1.807) is 0 Å². The quantitative estimate of drug-likeness (QED) is 0.836. The molecule has 1 N–H and O–H groups in total. The van der Waals surface area contributed by atoms with Crippen molar-refractivity contribution in [3.63, 3.8) is 0 Å². The van der Waals surface area contributed by atoms with E-state index in [2.05, 4.69) is 23.1 Å². The molecular formula is C16H21NO2. The molecule has 4 atom stereocenters. The van der Waals surface area contributed by atoms with Crippen LogP contribution >= 0.6 is 0 Å². The Kier molecular flexibility index (Phi) is 2.87. The summed E-state index contributed by atoms with van der Waals surface area (Å²) < 4.78 is 5.88. The first-order valence-corrected chi connectivity index (χ1v) is 7.48. The Morgan fingerprint density at radius 2 is 2.05 bits per heavy atom. The molecule has 3 heteroatoms. The maximum absolute atomic E-state index is 10.6. The maximum atomic E-state index is 10.6. The number of aliphatic hydroxyl groups excluding tert-OH is 1. The molecule has 1 saturated heterocycles. The number of ether oxygens (including phenoxy) is 1. The molecule has 4 unspecified atom stereocenters. The van der Waals surface area contributed by atoms with Gasteiger partial charge in [-0.1, -0.05) is 24.3 Å². The molecule has 1 aromatic carbocycles. The predicted octanol–water partition coefficient (Wildman–Crippen LogP) is 1.90. The fourth-order valence-corrected chi connectivity index (χ4v) is 4.22. The average Bonchev–Trinajstić information content (AvgIpc) is 3.04. The topological polar surface area (TPSA) is 32.7 Å². The van der Waals surface area contributed by atoms with E-state index in [9.17, 15) is 5.11 Å². The van der Waals surface area contributed by atoms with Crippen molar-refractivity contribution in [1.82, 2.24) is 4.90 Å². The van der Waals surface area contributed by atoms with Gasteiger partial charge < -0.3 is 9.84 Å². The number of morpholine rings is 1. The second kappa shape index (κ2) is 4.58. The summed E-state index contributed by atoms with van der Waals surface area (Å²) in [5, 5.41) is 10.6. The standard InChI is InChI=1S/C16H21NO2/c18-16-12-5-2-1-4-11(12)10-14(16)17-8-9-19-15-7-3-6-13(15)17/h1-2,4-5,13-16,18H,3,6-10H2. The maximum Gasteiger partial charge on any atom is 0.0951 e. The highest BCUT2D eigenvalue weighted by atomic mass is 16.5.